The van der Waals surface area contributed by atoms with Crippen LogP contribution in [-0.4, -0.2) is 24.9 Å². The summed E-state index contributed by atoms with van der Waals surface area (Å²) in [6.45, 7) is 1.69. The van der Waals surface area contributed by atoms with E-state index in [1.54, 1.807) is 42.5 Å². The molecule has 1 saturated heterocycles. The summed E-state index contributed by atoms with van der Waals surface area (Å²) < 4.78 is 14.5. The van der Waals surface area contributed by atoms with Crippen LogP contribution in [0.25, 0.3) is 0 Å². The zero-order valence-electron chi connectivity index (χ0n) is 15.7. The van der Waals surface area contributed by atoms with Gasteiger partial charge in [0.1, 0.15) is 11.5 Å². The monoisotopic (exact) mass is 409 g/mol. The molecule has 2 amide bonds. The molecule has 4 rings (SSSR count). The number of halogens is 1. The highest BCUT2D eigenvalue weighted by molar-refractivity contribution is 7.12. The van der Waals surface area contributed by atoms with Gasteiger partial charge in [-0.2, -0.15) is 0 Å². The molecule has 0 atom stereocenters. The highest BCUT2D eigenvalue weighted by Crippen LogP contribution is 2.31. The number of hydrogen-bond acceptors (Lipinski definition) is 4. The molecule has 0 saturated carbocycles. The van der Waals surface area contributed by atoms with E-state index in [-0.39, 0.29) is 11.6 Å². The number of hydrogen-bond donors (Lipinski definition) is 2. The number of carbonyl (C=O) groups excluding carboxylic acids is 2. The molecule has 148 valence electrons. The summed E-state index contributed by atoms with van der Waals surface area (Å²) in [6, 6.07) is 14.9. The van der Waals surface area contributed by atoms with Gasteiger partial charge in [-0.15, -0.1) is 11.3 Å². The smallest absolute Gasteiger partial charge is 0.265 e. The molecule has 1 aliphatic rings. The summed E-state index contributed by atoms with van der Waals surface area (Å²) in [5.41, 5.74) is 1.72. The van der Waals surface area contributed by atoms with Crippen LogP contribution in [0.4, 0.5) is 21.5 Å². The van der Waals surface area contributed by atoms with Crippen molar-refractivity contribution in [3.63, 3.8) is 0 Å². The third-order valence-electron chi connectivity index (χ3n) is 4.80. The minimum Gasteiger partial charge on any atom is -0.370 e. The Morgan fingerprint density at radius 1 is 0.931 bits per heavy atom. The predicted molar refractivity (Wildman–Crippen MR) is 115 cm³/mol. The summed E-state index contributed by atoms with van der Waals surface area (Å²) >= 11 is 1.34. The lowest BCUT2D eigenvalue weighted by Crippen LogP contribution is -2.22. The van der Waals surface area contributed by atoms with E-state index in [2.05, 4.69) is 15.5 Å². The average molecular weight is 409 g/mol. The topological polar surface area (TPSA) is 61.4 Å². The fourth-order valence-corrected chi connectivity index (χ4v) is 4.00. The minimum atomic E-state index is -0.468. The first kappa shape index (κ1) is 19.1. The van der Waals surface area contributed by atoms with E-state index in [0.717, 1.165) is 25.9 Å². The number of amides is 2. The molecular formula is C22H20FN3O2S. The first-order valence-corrected chi connectivity index (χ1v) is 10.3. The van der Waals surface area contributed by atoms with Crippen LogP contribution in [0.3, 0.4) is 0 Å². The van der Waals surface area contributed by atoms with Crippen LogP contribution in [0.5, 0.6) is 0 Å². The highest BCUT2D eigenvalue weighted by Gasteiger charge is 2.20. The summed E-state index contributed by atoms with van der Waals surface area (Å²) in [5, 5.41) is 7.32. The third kappa shape index (κ3) is 4.30. The maximum atomic E-state index is 14.5. The summed E-state index contributed by atoms with van der Waals surface area (Å²) in [5.74, 6) is -1.13. The van der Waals surface area contributed by atoms with Gasteiger partial charge in [0.25, 0.3) is 11.8 Å². The van der Waals surface area contributed by atoms with E-state index >= 15 is 0 Å². The van der Waals surface area contributed by atoms with Crippen molar-refractivity contribution in [2.24, 2.45) is 0 Å². The van der Waals surface area contributed by atoms with Gasteiger partial charge < -0.3 is 15.5 Å². The maximum Gasteiger partial charge on any atom is 0.265 e. The first-order chi connectivity index (χ1) is 14.1. The fourth-order valence-electron chi connectivity index (χ4n) is 3.38. The zero-order chi connectivity index (χ0) is 20.2. The molecule has 1 aromatic heterocycles. The van der Waals surface area contributed by atoms with E-state index in [1.165, 1.54) is 17.4 Å². The Labute approximate surface area is 172 Å². The lowest BCUT2D eigenvalue weighted by atomic mass is 10.1. The molecule has 2 heterocycles. The second kappa shape index (κ2) is 8.45. The number of nitrogens with one attached hydrogen (secondary N) is 2. The van der Waals surface area contributed by atoms with Crippen LogP contribution in [0.15, 0.2) is 60.0 Å². The van der Waals surface area contributed by atoms with Crippen LogP contribution in [0, 0.1) is 5.82 Å². The normalized spacial score (nSPS) is 13.3. The van der Waals surface area contributed by atoms with E-state index in [9.17, 15) is 14.0 Å². The lowest BCUT2D eigenvalue weighted by Gasteiger charge is -2.22. The second-order valence-corrected chi connectivity index (χ2v) is 7.74. The van der Waals surface area contributed by atoms with Crippen molar-refractivity contribution in [3.05, 3.63) is 76.2 Å². The van der Waals surface area contributed by atoms with Crippen molar-refractivity contribution >= 4 is 40.2 Å². The van der Waals surface area contributed by atoms with E-state index in [4.69, 9.17) is 0 Å². The largest absolute Gasteiger partial charge is 0.370 e. The van der Waals surface area contributed by atoms with Crippen molar-refractivity contribution in [2.45, 2.75) is 12.8 Å². The predicted octanol–water partition coefficient (Wildman–Crippen LogP) is 4.99. The molecular weight excluding hydrogens is 389 g/mol. The summed E-state index contributed by atoms with van der Waals surface area (Å²) in [4.78, 5) is 27.7. The van der Waals surface area contributed by atoms with Crippen molar-refractivity contribution < 1.29 is 14.0 Å². The highest BCUT2D eigenvalue weighted by atomic mass is 32.1. The van der Waals surface area contributed by atoms with E-state index in [0.29, 0.717) is 21.8 Å². The summed E-state index contributed by atoms with van der Waals surface area (Å²) in [6.07, 6.45) is 2.10. The number of benzene rings is 2. The van der Waals surface area contributed by atoms with Crippen molar-refractivity contribution in [2.75, 3.05) is 28.6 Å². The Hall–Kier alpha value is -3.19. The van der Waals surface area contributed by atoms with Crippen molar-refractivity contribution in [1.82, 2.24) is 0 Å². The number of carbonyl (C=O) groups is 2. The number of thiophene rings is 1. The van der Waals surface area contributed by atoms with Gasteiger partial charge in [0.15, 0.2) is 0 Å². The molecule has 7 heteroatoms. The van der Waals surface area contributed by atoms with Gasteiger partial charge in [-0.3, -0.25) is 9.59 Å². The molecule has 0 radical (unpaired) electrons. The van der Waals surface area contributed by atoms with Gasteiger partial charge in [0, 0.05) is 24.3 Å². The van der Waals surface area contributed by atoms with Gasteiger partial charge >= 0.3 is 0 Å². The molecule has 2 aromatic carbocycles. The van der Waals surface area contributed by atoms with Crippen LogP contribution >= 0.6 is 11.3 Å². The second-order valence-electron chi connectivity index (χ2n) is 6.79. The Morgan fingerprint density at radius 3 is 2.48 bits per heavy atom. The molecule has 3 aromatic rings. The number of nitrogens with zero attached hydrogens (tertiary/aromatic N) is 1. The van der Waals surface area contributed by atoms with Gasteiger partial charge in [-0.1, -0.05) is 18.2 Å². The molecule has 0 unspecified atom stereocenters. The molecule has 1 aliphatic heterocycles. The Balaban J connectivity index is 1.53. The standard InChI is InChI=1S/C22H20FN3O2S/c23-17-8-4-9-18(26-11-1-2-12-26)20(17)25-21(27)15-6-3-7-16(14-15)24-22(28)19-10-5-13-29-19/h3-10,13-14H,1-2,11-12H2,(H,24,28)(H,25,27). The minimum absolute atomic E-state index is 0.187. The third-order valence-corrected chi connectivity index (χ3v) is 5.67. The van der Waals surface area contributed by atoms with Gasteiger partial charge in [0.2, 0.25) is 0 Å². The number of para-hydroxylation sites is 1. The molecule has 1 fully saturated rings. The summed E-state index contributed by atoms with van der Waals surface area (Å²) in [7, 11) is 0. The quantitative estimate of drug-likeness (QED) is 0.624. The molecule has 2 N–H and O–H groups in total. The average Bonchev–Trinajstić information content (AvgIpc) is 3.44. The van der Waals surface area contributed by atoms with Gasteiger partial charge in [-0.05, 0) is 54.6 Å². The van der Waals surface area contributed by atoms with Crippen LogP contribution < -0.4 is 15.5 Å². The lowest BCUT2D eigenvalue weighted by molar-refractivity contribution is 0.101. The SMILES string of the molecule is O=C(Nc1c(F)cccc1N1CCCC1)c1cccc(NC(=O)c2cccs2)c1. The zero-order valence-corrected chi connectivity index (χ0v) is 16.5. The Morgan fingerprint density at radius 2 is 1.72 bits per heavy atom. The van der Waals surface area contributed by atoms with Crippen LogP contribution in [0.2, 0.25) is 0 Å². The number of rotatable bonds is 5. The molecule has 0 spiro atoms. The molecule has 0 bridgehead atoms. The Bertz CT molecular complexity index is 1030. The molecule has 0 aliphatic carbocycles. The maximum absolute atomic E-state index is 14.5. The Kier molecular flexibility index (Phi) is 5.57. The van der Waals surface area contributed by atoms with Crippen LogP contribution in [0.1, 0.15) is 32.9 Å². The first-order valence-electron chi connectivity index (χ1n) is 9.41. The molecule has 29 heavy (non-hydrogen) atoms. The van der Waals surface area contributed by atoms with E-state index < -0.39 is 11.7 Å². The van der Waals surface area contributed by atoms with Crippen molar-refractivity contribution in [1.29, 1.82) is 0 Å². The molecule has 5 nitrogen and oxygen atoms in total. The number of anilines is 3. The van der Waals surface area contributed by atoms with Gasteiger partial charge in [-0.25, -0.2) is 4.39 Å². The van der Waals surface area contributed by atoms with E-state index in [1.807, 2.05) is 11.4 Å². The van der Waals surface area contributed by atoms with Gasteiger partial charge in [0.05, 0.1) is 10.6 Å². The fraction of sp³-hybridized carbons (Fsp3) is 0.182. The van der Waals surface area contributed by atoms with Crippen molar-refractivity contribution in [3.8, 4) is 0 Å². The van der Waals surface area contributed by atoms with Crippen LogP contribution in [-0.2, 0) is 0 Å².